The van der Waals surface area contributed by atoms with Gasteiger partial charge in [0, 0.05) is 0 Å². The fraction of sp³-hybridized carbons (Fsp3) is 0.467. The first-order valence-corrected chi connectivity index (χ1v) is 20.1. The van der Waals surface area contributed by atoms with Gasteiger partial charge in [-0.1, -0.05) is 0 Å². The molecule has 0 aliphatic heterocycles. The van der Waals surface area contributed by atoms with Crippen LogP contribution in [0.1, 0.15) is 12.8 Å². The Morgan fingerprint density at radius 2 is 1.70 bits per heavy atom. The van der Waals surface area contributed by atoms with Crippen LogP contribution in [0.25, 0.3) is 0 Å². The van der Waals surface area contributed by atoms with E-state index in [0.29, 0.717) is 0 Å². The van der Waals surface area contributed by atoms with Crippen molar-refractivity contribution in [1.82, 2.24) is 0 Å². The predicted octanol–water partition coefficient (Wildman–Crippen LogP) is 5.37. The Morgan fingerprint density at radius 1 is 1.05 bits per heavy atom. The molecule has 0 N–H and O–H groups in total. The Bertz CT molecular complexity index is 457. The Kier molecular flexibility index (Phi) is 8.84. The van der Waals surface area contributed by atoms with Crippen LogP contribution >= 0.6 is 24.8 Å². The summed E-state index contributed by atoms with van der Waals surface area (Å²) >= 11 is -1.44. The van der Waals surface area contributed by atoms with Crippen molar-refractivity contribution in [2.75, 3.05) is 0 Å². The molecule has 0 unspecified atom stereocenters. The average molecular weight is 426 g/mol. The van der Waals surface area contributed by atoms with Crippen LogP contribution in [0.3, 0.4) is 0 Å². The Morgan fingerprint density at radius 3 is 2.15 bits per heavy atom. The predicted molar refractivity (Wildman–Crippen MR) is 99.3 cm³/mol. The molecule has 0 aromatic heterocycles. The number of halogens is 2. The molecule has 2 aliphatic rings. The standard InChI is InChI=1S/C8H13Si.C5H5.C2H7Si.2ClH.Zr/c1-9(2,3)8-6-4-5-7-8;1-2-4-5-3-1;1-3-2;;;/h4,6H,5H2,1-3H3;1-3H,4H2;3H,1-2H3;2*1H;. The third-order valence-electron chi connectivity index (χ3n) is 3.76. The van der Waals surface area contributed by atoms with E-state index in [1.165, 1.54) is 12.8 Å². The summed E-state index contributed by atoms with van der Waals surface area (Å²) in [6, 6.07) is 0. The SMILES string of the molecule is C[SiH](C)[Zr]([C]1=CC=CC1)[C]1=C([Si](C)(C)C)C=CC1.Cl.Cl. The van der Waals surface area contributed by atoms with Crippen LogP contribution in [0.4, 0.5) is 0 Å². The largest absolute Gasteiger partial charge is 0.147 e. The minimum atomic E-state index is -1.44. The maximum atomic E-state index is 2.60. The maximum Gasteiger partial charge on any atom is -0.147 e. The van der Waals surface area contributed by atoms with Gasteiger partial charge in [-0.25, -0.2) is 0 Å². The molecule has 0 bridgehead atoms. The normalized spacial score (nSPS) is 17.2. The summed E-state index contributed by atoms with van der Waals surface area (Å²) in [7, 11) is -1.13. The van der Waals surface area contributed by atoms with E-state index in [9.17, 15) is 0 Å². The van der Waals surface area contributed by atoms with Gasteiger partial charge in [0.15, 0.2) is 0 Å². The minimum Gasteiger partial charge on any atom is -0.147 e. The molecule has 0 amide bonds. The van der Waals surface area contributed by atoms with Crippen molar-refractivity contribution < 1.29 is 20.9 Å². The van der Waals surface area contributed by atoms with E-state index in [4.69, 9.17) is 0 Å². The van der Waals surface area contributed by atoms with E-state index in [-0.39, 0.29) is 24.8 Å². The summed E-state index contributed by atoms with van der Waals surface area (Å²) in [5.74, 6) is -0.489. The fourth-order valence-electron chi connectivity index (χ4n) is 3.02. The number of hydrogen-bond donors (Lipinski definition) is 0. The number of rotatable bonds is 4. The third-order valence-corrected chi connectivity index (χ3v) is 25.8. The summed E-state index contributed by atoms with van der Waals surface area (Å²) in [5.41, 5.74) is 0. The molecule has 113 valence electrons. The van der Waals surface area contributed by atoms with Gasteiger partial charge in [-0.05, 0) is 0 Å². The van der Waals surface area contributed by atoms with Gasteiger partial charge in [0.05, 0.1) is 0 Å². The molecule has 0 aromatic carbocycles. The van der Waals surface area contributed by atoms with E-state index < -0.39 is 34.9 Å². The average Bonchev–Trinajstić information content (AvgIpc) is 2.86. The molecule has 20 heavy (non-hydrogen) atoms. The van der Waals surface area contributed by atoms with Crippen LogP contribution in [-0.2, 0) is 20.9 Å². The Hall–Kier alpha value is 0.857. The van der Waals surface area contributed by atoms with Crippen molar-refractivity contribution in [1.29, 1.82) is 0 Å². The number of hydrogen-bond acceptors (Lipinski definition) is 0. The molecule has 0 atom stereocenters. The van der Waals surface area contributed by atoms with Gasteiger partial charge < -0.3 is 0 Å². The molecule has 0 saturated carbocycles. The van der Waals surface area contributed by atoms with Gasteiger partial charge in [0.1, 0.15) is 0 Å². The van der Waals surface area contributed by atoms with Crippen LogP contribution in [0, 0.1) is 0 Å². The van der Waals surface area contributed by atoms with Gasteiger partial charge >= 0.3 is 123 Å². The first-order valence-electron chi connectivity index (χ1n) is 7.04. The Balaban J connectivity index is 0.00000180. The maximum absolute atomic E-state index is 2.60. The first-order chi connectivity index (χ1) is 8.41. The quantitative estimate of drug-likeness (QED) is 0.532. The topological polar surface area (TPSA) is 0 Å². The van der Waals surface area contributed by atoms with Gasteiger partial charge in [-0.3, -0.25) is 0 Å². The second-order valence-corrected chi connectivity index (χ2v) is 31.0. The molecule has 2 rings (SSSR count). The molecular formula is C15H27Cl2Si2Zr. The second-order valence-electron chi connectivity index (χ2n) is 6.64. The summed E-state index contributed by atoms with van der Waals surface area (Å²) in [4.78, 5) is 0. The van der Waals surface area contributed by atoms with Gasteiger partial charge in [0.25, 0.3) is 0 Å². The third kappa shape index (κ3) is 4.68. The fourth-order valence-corrected chi connectivity index (χ4v) is 28.2. The number of allylic oxidation sites excluding steroid dienone is 8. The van der Waals surface area contributed by atoms with Crippen molar-refractivity contribution >= 4 is 38.8 Å². The molecule has 0 nitrogen and oxygen atoms in total. The minimum absolute atomic E-state index is 0. The van der Waals surface area contributed by atoms with Gasteiger partial charge in [-0.2, -0.15) is 0 Å². The molecule has 0 heterocycles. The smallest absolute Gasteiger partial charge is 0.147 e. The molecule has 5 heteroatoms. The van der Waals surface area contributed by atoms with Crippen LogP contribution in [0.5, 0.6) is 0 Å². The first kappa shape index (κ1) is 20.9. The van der Waals surface area contributed by atoms with Crippen molar-refractivity contribution in [2.45, 2.75) is 45.6 Å². The second kappa shape index (κ2) is 8.48. The van der Waals surface area contributed by atoms with E-state index in [0.717, 1.165) is 0 Å². The molecule has 0 spiro atoms. The van der Waals surface area contributed by atoms with Crippen LogP contribution in [-0.4, -0.2) is 14.0 Å². The molecular weight excluding hydrogens is 398 g/mol. The molecule has 0 fully saturated rings. The van der Waals surface area contributed by atoms with Crippen LogP contribution in [0.15, 0.2) is 42.1 Å². The van der Waals surface area contributed by atoms with E-state index in [2.05, 4.69) is 63.1 Å². The molecule has 0 saturated heterocycles. The summed E-state index contributed by atoms with van der Waals surface area (Å²) < 4.78 is 3.86. The zero-order chi connectivity index (χ0) is 13.3. The van der Waals surface area contributed by atoms with E-state index in [1.54, 1.807) is 0 Å². The van der Waals surface area contributed by atoms with Crippen LogP contribution < -0.4 is 0 Å². The van der Waals surface area contributed by atoms with Crippen molar-refractivity contribution in [3.8, 4) is 0 Å². The van der Waals surface area contributed by atoms with Crippen LogP contribution in [0.2, 0.25) is 32.7 Å². The zero-order valence-corrected chi connectivity index (χ0v) is 19.4. The molecule has 2 aliphatic carbocycles. The van der Waals surface area contributed by atoms with Crippen molar-refractivity contribution in [2.24, 2.45) is 0 Å². The summed E-state index contributed by atoms with van der Waals surface area (Å²) in [6.45, 7) is 12.7. The molecule has 0 radical (unpaired) electrons. The summed E-state index contributed by atoms with van der Waals surface area (Å²) in [6.07, 6.45) is 14.6. The zero-order valence-electron chi connectivity index (χ0n) is 13.2. The monoisotopic (exact) mass is 423 g/mol. The van der Waals surface area contributed by atoms with E-state index in [1.807, 2.05) is 11.8 Å². The Labute approximate surface area is 146 Å². The van der Waals surface area contributed by atoms with Gasteiger partial charge in [-0.15, -0.1) is 24.8 Å². The van der Waals surface area contributed by atoms with Crippen molar-refractivity contribution in [3.63, 3.8) is 0 Å². The van der Waals surface area contributed by atoms with E-state index >= 15 is 0 Å². The summed E-state index contributed by atoms with van der Waals surface area (Å²) in [5, 5.41) is 1.82. The van der Waals surface area contributed by atoms with Crippen molar-refractivity contribution in [3.05, 3.63) is 42.1 Å². The van der Waals surface area contributed by atoms with Gasteiger partial charge in [0.2, 0.25) is 0 Å². The molecule has 0 aromatic rings.